The summed E-state index contributed by atoms with van der Waals surface area (Å²) in [5.41, 5.74) is 1.86. The molecule has 1 amide bonds. The Labute approximate surface area is 164 Å². The fraction of sp³-hybridized carbons (Fsp3) is 0.381. The van der Waals surface area contributed by atoms with Gasteiger partial charge >= 0.3 is 0 Å². The van der Waals surface area contributed by atoms with E-state index in [4.69, 9.17) is 9.47 Å². The highest BCUT2D eigenvalue weighted by Crippen LogP contribution is 2.31. The summed E-state index contributed by atoms with van der Waals surface area (Å²) in [6, 6.07) is 13.6. The van der Waals surface area contributed by atoms with Crippen molar-refractivity contribution >= 4 is 27.5 Å². The number of anilines is 1. The van der Waals surface area contributed by atoms with Gasteiger partial charge in [-0.1, -0.05) is 42.8 Å². The van der Waals surface area contributed by atoms with E-state index in [0.717, 1.165) is 15.8 Å². The molecule has 140 valence electrons. The number of benzene rings is 2. The van der Waals surface area contributed by atoms with E-state index in [2.05, 4.69) is 42.0 Å². The standard InChI is InChI=1S/C21H26BrNO3/c1-21(2,3)15-7-12-19(25-4)18(14-15)23-20(24)6-5-13-26-17-10-8-16(22)9-11-17/h7-12,14H,5-6,13H2,1-4H3,(H,23,24). The Bertz CT molecular complexity index is 736. The molecule has 0 fully saturated rings. The van der Waals surface area contributed by atoms with Crippen molar-refractivity contribution in [3.05, 3.63) is 52.5 Å². The van der Waals surface area contributed by atoms with Crippen LogP contribution in [0.15, 0.2) is 46.9 Å². The molecule has 0 heterocycles. The predicted molar refractivity (Wildman–Crippen MR) is 109 cm³/mol. The molecule has 0 saturated heterocycles. The number of amides is 1. The molecule has 0 saturated carbocycles. The lowest BCUT2D eigenvalue weighted by atomic mass is 9.87. The molecular formula is C21H26BrNO3. The van der Waals surface area contributed by atoms with E-state index in [1.165, 1.54) is 0 Å². The Balaban J connectivity index is 1.87. The van der Waals surface area contributed by atoms with Gasteiger partial charge in [0.25, 0.3) is 0 Å². The third-order valence-electron chi connectivity index (χ3n) is 3.97. The van der Waals surface area contributed by atoms with Gasteiger partial charge in [-0.3, -0.25) is 4.79 Å². The van der Waals surface area contributed by atoms with Gasteiger partial charge in [0.1, 0.15) is 11.5 Å². The Kier molecular flexibility index (Phi) is 7.09. The summed E-state index contributed by atoms with van der Waals surface area (Å²) in [5, 5.41) is 2.95. The summed E-state index contributed by atoms with van der Waals surface area (Å²) in [5.74, 6) is 1.42. The fourth-order valence-electron chi connectivity index (χ4n) is 2.44. The topological polar surface area (TPSA) is 47.6 Å². The minimum Gasteiger partial charge on any atom is -0.495 e. The van der Waals surface area contributed by atoms with Gasteiger partial charge in [0, 0.05) is 10.9 Å². The summed E-state index contributed by atoms with van der Waals surface area (Å²) < 4.78 is 12.0. The lowest BCUT2D eigenvalue weighted by molar-refractivity contribution is -0.116. The lowest BCUT2D eigenvalue weighted by Crippen LogP contribution is -2.16. The number of ether oxygens (including phenoxy) is 2. The summed E-state index contributed by atoms with van der Waals surface area (Å²) in [4.78, 5) is 12.3. The van der Waals surface area contributed by atoms with E-state index in [1.807, 2.05) is 42.5 Å². The first-order valence-corrected chi connectivity index (χ1v) is 9.45. The monoisotopic (exact) mass is 419 g/mol. The molecule has 0 radical (unpaired) electrons. The van der Waals surface area contributed by atoms with Crippen molar-refractivity contribution in [3.63, 3.8) is 0 Å². The van der Waals surface area contributed by atoms with Crippen LogP contribution >= 0.6 is 15.9 Å². The van der Waals surface area contributed by atoms with Gasteiger partial charge in [0.15, 0.2) is 0 Å². The molecule has 0 atom stereocenters. The molecule has 2 rings (SSSR count). The van der Waals surface area contributed by atoms with Crippen molar-refractivity contribution in [1.82, 2.24) is 0 Å². The van der Waals surface area contributed by atoms with Crippen LogP contribution in [-0.4, -0.2) is 19.6 Å². The second kappa shape index (κ2) is 9.08. The molecule has 2 aromatic rings. The van der Waals surface area contributed by atoms with Crippen LogP contribution in [0.4, 0.5) is 5.69 Å². The number of methoxy groups -OCH3 is 1. The van der Waals surface area contributed by atoms with Gasteiger partial charge in [0.05, 0.1) is 19.4 Å². The molecule has 1 N–H and O–H groups in total. The van der Waals surface area contributed by atoms with Crippen molar-refractivity contribution in [1.29, 1.82) is 0 Å². The van der Waals surface area contributed by atoms with Crippen LogP contribution < -0.4 is 14.8 Å². The molecule has 0 aliphatic rings. The highest BCUT2D eigenvalue weighted by molar-refractivity contribution is 9.10. The molecule has 0 aromatic heterocycles. The first-order chi connectivity index (χ1) is 12.3. The number of rotatable bonds is 7. The van der Waals surface area contributed by atoms with Crippen LogP contribution in [0.1, 0.15) is 39.2 Å². The van der Waals surface area contributed by atoms with E-state index in [-0.39, 0.29) is 11.3 Å². The Morgan fingerprint density at radius 3 is 2.42 bits per heavy atom. The third-order valence-corrected chi connectivity index (χ3v) is 4.50. The maximum atomic E-state index is 12.3. The summed E-state index contributed by atoms with van der Waals surface area (Å²) in [6.45, 7) is 6.91. The zero-order valence-corrected chi connectivity index (χ0v) is 17.4. The first-order valence-electron chi connectivity index (χ1n) is 8.66. The average molecular weight is 420 g/mol. The summed E-state index contributed by atoms with van der Waals surface area (Å²) in [7, 11) is 1.60. The van der Waals surface area contributed by atoms with Crippen LogP contribution in [0.2, 0.25) is 0 Å². The molecule has 5 heteroatoms. The molecule has 26 heavy (non-hydrogen) atoms. The third kappa shape index (κ3) is 6.06. The van der Waals surface area contributed by atoms with Crippen molar-refractivity contribution in [3.8, 4) is 11.5 Å². The zero-order valence-electron chi connectivity index (χ0n) is 15.8. The Morgan fingerprint density at radius 1 is 1.12 bits per heavy atom. The van der Waals surface area contributed by atoms with Crippen molar-refractivity contribution in [2.75, 3.05) is 19.0 Å². The van der Waals surface area contributed by atoms with Crippen LogP contribution in [0.25, 0.3) is 0 Å². The minimum absolute atomic E-state index is 0.00423. The SMILES string of the molecule is COc1ccc(C(C)(C)C)cc1NC(=O)CCCOc1ccc(Br)cc1. The van der Waals surface area contributed by atoms with Gasteiger partial charge in [-0.15, -0.1) is 0 Å². The molecule has 2 aromatic carbocycles. The number of nitrogens with one attached hydrogen (secondary N) is 1. The van der Waals surface area contributed by atoms with E-state index >= 15 is 0 Å². The van der Waals surface area contributed by atoms with E-state index in [9.17, 15) is 4.79 Å². The molecule has 0 unspecified atom stereocenters. The molecular weight excluding hydrogens is 394 g/mol. The van der Waals surface area contributed by atoms with Gasteiger partial charge in [-0.25, -0.2) is 0 Å². The maximum Gasteiger partial charge on any atom is 0.224 e. The molecule has 0 aliphatic heterocycles. The number of hydrogen-bond acceptors (Lipinski definition) is 3. The van der Waals surface area contributed by atoms with E-state index in [0.29, 0.717) is 30.9 Å². The van der Waals surface area contributed by atoms with Crippen molar-refractivity contribution < 1.29 is 14.3 Å². The van der Waals surface area contributed by atoms with Crippen molar-refractivity contribution in [2.24, 2.45) is 0 Å². The Hall–Kier alpha value is -2.01. The van der Waals surface area contributed by atoms with Crippen LogP contribution in [0.3, 0.4) is 0 Å². The molecule has 0 aliphatic carbocycles. The zero-order chi connectivity index (χ0) is 19.2. The van der Waals surface area contributed by atoms with E-state index in [1.54, 1.807) is 7.11 Å². The first kappa shape index (κ1) is 20.3. The molecule has 4 nitrogen and oxygen atoms in total. The lowest BCUT2D eigenvalue weighted by Gasteiger charge is -2.21. The van der Waals surface area contributed by atoms with Crippen molar-refractivity contribution in [2.45, 2.75) is 39.0 Å². The van der Waals surface area contributed by atoms with E-state index < -0.39 is 0 Å². The predicted octanol–water partition coefficient (Wildman–Crippen LogP) is 5.55. The average Bonchev–Trinajstić information content (AvgIpc) is 2.59. The number of hydrogen-bond donors (Lipinski definition) is 1. The molecule has 0 bridgehead atoms. The number of carbonyl (C=O) groups is 1. The Morgan fingerprint density at radius 2 is 1.81 bits per heavy atom. The summed E-state index contributed by atoms with van der Waals surface area (Å²) in [6.07, 6.45) is 1.03. The van der Waals surface area contributed by atoms with Gasteiger partial charge in [-0.2, -0.15) is 0 Å². The smallest absolute Gasteiger partial charge is 0.224 e. The maximum absolute atomic E-state index is 12.3. The quantitative estimate of drug-likeness (QED) is 0.598. The highest BCUT2D eigenvalue weighted by Gasteiger charge is 2.17. The van der Waals surface area contributed by atoms with Gasteiger partial charge in [0.2, 0.25) is 5.91 Å². The van der Waals surface area contributed by atoms with Crippen LogP contribution in [0, 0.1) is 0 Å². The van der Waals surface area contributed by atoms with Crippen LogP contribution in [-0.2, 0) is 10.2 Å². The van der Waals surface area contributed by atoms with Gasteiger partial charge in [-0.05, 0) is 53.8 Å². The summed E-state index contributed by atoms with van der Waals surface area (Å²) >= 11 is 3.39. The second-order valence-corrected chi connectivity index (χ2v) is 8.03. The van der Waals surface area contributed by atoms with Gasteiger partial charge < -0.3 is 14.8 Å². The number of halogens is 1. The normalized spacial score (nSPS) is 11.1. The largest absolute Gasteiger partial charge is 0.495 e. The fourth-order valence-corrected chi connectivity index (χ4v) is 2.70. The highest BCUT2D eigenvalue weighted by atomic mass is 79.9. The second-order valence-electron chi connectivity index (χ2n) is 7.12. The minimum atomic E-state index is -0.0474. The number of carbonyl (C=O) groups excluding carboxylic acids is 1. The molecule has 0 spiro atoms. The van der Waals surface area contributed by atoms with Crippen LogP contribution in [0.5, 0.6) is 11.5 Å².